The Labute approximate surface area is 85.8 Å². The van der Waals surface area contributed by atoms with Gasteiger partial charge in [0.05, 0.1) is 0 Å². The van der Waals surface area contributed by atoms with Crippen LogP contribution in [0, 0.1) is 0 Å². The molecule has 0 atom stereocenters. The summed E-state index contributed by atoms with van der Waals surface area (Å²) < 4.78 is 37.7. The molecule has 0 aromatic carbocycles. The van der Waals surface area contributed by atoms with Gasteiger partial charge in [-0.2, -0.15) is 24.9 Å². The van der Waals surface area contributed by atoms with Crippen molar-refractivity contribution in [3.63, 3.8) is 0 Å². The average molecular weight is 225 g/mol. The van der Waals surface area contributed by atoms with E-state index in [4.69, 9.17) is 0 Å². The summed E-state index contributed by atoms with van der Waals surface area (Å²) in [6.45, 7) is 0. The maximum absolute atomic E-state index is 12.6. The van der Waals surface area contributed by atoms with Gasteiger partial charge in [0.15, 0.2) is 0 Å². The summed E-state index contributed by atoms with van der Waals surface area (Å²) in [4.78, 5) is 0. The van der Waals surface area contributed by atoms with Gasteiger partial charge >= 0.3 is 6.18 Å². The van der Waals surface area contributed by atoms with Gasteiger partial charge in [-0.1, -0.05) is 0 Å². The monoisotopic (exact) mass is 225 g/mol. The van der Waals surface area contributed by atoms with Crippen LogP contribution in [0.15, 0.2) is 0 Å². The third kappa shape index (κ3) is 2.03. The first-order valence-corrected chi connectivity index (χ1v) is 6.11. The van der Waals surface area contributed by atoms with Gasteiger partial charge in [-0.05, 0) is 37.2 Å². The van der Waals surface area contributed by atoms with Crippen LogP contribution >= 0.6 is 11.8 Å². The zero-order valence-electron chi connectivity index (χ0n) is 7.86. The number of halogens is 3. The Morgan fingerprint density at radius 2 is 1.71 bits per heavy atom. The SMILES string of the molecule is FC(F)(F)C1(NC2CCSCC2)CC1. The van der Waals surface area contributed by atoms with Gasteiger partial charge in [0, 0.05) is 6.04 Å². The molecule has 0 spiro atoms. The number of alkyl halides is 3. The zero-order valence-corrected chi connectivity index (χ0v) is 8.68. The van der Waals surface area contributed by atoms with Crippen molar-refractivity contribution in [2.75, 3.05) is 11.5 Å². The summed E-state index contributed by atoms with van der Waals surface area (Å²) in [5.74, 6) is 1.98. The lowest BCUT2D eigenvalue weighted by atomic mass is 10.1. The molecule has 0 radical (unpaired) electrons. The molecule has 1 heterocycles. The molecule has 2 rings (SSSR count). The molecule has 1 aliphatic heterocycles. The molecule has 0 amide bonds. The fourth-order valence-corrected chi connectivity index (χ4v) is 2.97. The van der Waals surface area contributed by atoms with Crippen LogP contribution in [0.3, 0.4) is 0 Å². The molecule has 82 valence electrons. The highest BCUT2D eigenvalue weighted by Gasteiger charge is 2.63. The molecule has 1 saturated carbocycles. The predicted octanol–water partition coefficient (Wildman–Crippen LogP) is 2.57. The summed E-state index contributed by atoms with van der Waals surface area (Å²) in [7, 11) is 0. The Balaban J connectivity index is 1.90. The molecule has 0 unspecified atom stereocenters. The standard InChI is InChI=1S/C9H14F3NS/c10-9(11,12)8(3-4-8)13-7-1-5-14-6-2-7/h7,13H,1-6H2. The first kappa shape index (κ1) is 10.6. The second-order valence-corrected chi connectivity index (χ2v) is 5.34. The first-order valence-electron chi connectivity index (χ1n) is 4.96. The van der Waals surface area contributed by atoms with Gasteiger partial charge in [-0.15, -0.1) is 0 Å². The lowest BCUT2D eigenvalue weighted by molar-refractivity contribution is -0.168. The Bertz CT molecular complexity index is 207. The molecule has 14 heavy (non-hydrogen) atoms. The summed E-state index contributed by atoms with van der Waals surface area (Å²) in [6.07, 6.45) is -1.77. The third-order valence-electron chi connectivity index (χ3n) is 2.99. The summed E-state index contributed by atoms with van der Waals surface area (Å²) >= 11 is 1.83. The van der Waals surface area contributed by atoms with E-state index in [0.29, 0.717) is 0 Å². The van der Waals surface area contributed by atoms with Crippen molar-refractivity contribution in [1.29, 1.82) is 0 Å². The van der Waals surface area contributed by atoms with E-state index >= 15 is 0 Å². The Morgan fingerprint density at radius 1 is 1.14 bits per heavy atom. The summed E-state index contributed by atoms with van der Waals surface area (Å²) in [6, 6.07) is 0.0837. The maximum atomic E-state index is 12.6. The minimum Gasteiger partial charge on any atom is -0.301 e. The van der Waals surface area contributed by atoms with E-state index in [2.05, 4.69) is 5.32 Å². The number of rotatable bonds is 2. The van der Waals surface area contributed by atoms with Crippen molar-refractivity contribution >= 4 is 11.8 Å². The van der Waals surface area contributed by atoms with Gasteiger partial charge in [0.2, 0.25) is 0 Å². The number of hydrogen-bond acceptors (Lipinski definition) is 2. The molecular formula is C9H14F3NS. The van der Waals surface area contributed by atoms with Gasteiger partial charge in [-0.25, -0.2) is 0 Å². The van der Waals surface area contributed by atoms with Crippen molar-refractivity contribution in [1.82, 2.24) is 5.32 Å². The van der Waals surface area contributed by atoms with E-state index in [-0.39, 0.29) is 18.9 Å². The van der Waals surface area contributed by atoms with Crippen molar-refractivity contribution < 1.29 is 13.2 Å². The second-order valence-electron chi connectivity index (χ2n) is 4.11. The molecule has 1 N–H and O–H groups in total. The van der Waals surface area contributed by atoms with E-state index in [1.165, 1.54) is 0 Å². The topological polar surface area (TPSA) is 12.0 Å². The Hall–Kier alpha value is 0.100. The van der Waals surface area contributed by atoms with E-state index in [9.17, 15) is 13.2 Å². The highest BCUT2D eigenvalue weighted by molar-refractivity contribution is 7.99. The van der Waals surface area contributed by atoms with Gasteiger partial charge in [-0.3, -0.25) is 0 Å². The lowest BCUT2D eigenvalue weighted by Crippen LogP contribution is -2.50. The minimum absolute atomic E-state index is 0.0837. The highest BCUT2D eigenvalue weighted by Crippen LogP contribution is 2.49. The van der Waals surface area contributed by atoms with Crippen molar-refractivity contribution in [2.45, 2.75) is 43.4 Å². The Morgan fingerprint density at radius 3 is 2.14 bits per heavy atom. The number of thioether (sulfide) groups is 1. The van der Waals surface area contributed by atoms with Crippen LogP contribution in [0.2, 0.25) is 0 Å². The largest absolute Gasteiger partial charge is 0.406 e. The van der Waals surface area contributed by atoms with Crippen LogP contribution < -0.4 is 5.32 Å². The van der Waals surface area contributed by atoms with Crippen molar-refractivity contribution in [3.8, 4) is 0 Å². The highest BCUT2D eigenvalue weighted by atomic mass is 32.2. The van der Waals surface area contributed by atoms with Crippen LogP contribution in [-0.2, 0) is 0 Å². The van der Waals surface area contributed by atoms with Crippen LogP contribution in [-0.4, -0.2) is 29.3 Å². The van der Waals surface area contributed by atoms with Gasteiger partial charge < -0.3 is 5.32 Å². The van der Waals surface area contributed by atoms with E-state index < -0.39 is 11.7 Å². The first-order chi connectivity index (χ1) is 6.54. The molecule has 5 heteroatoms. The smallest absolute Gasteiger partial charge is 0.301 e. The molecule has 0 aromatic rings. The van der Waals surface area contributed by atoms with Gasteiger partial charge in [0.25, 0.3) is 0 Å². The maximum Gasteiger partial charge on any atom is 0.406 e. The number of nitrogens with one attached hydrogen (secondary N) is 1. The van der Waals surface area contributed by atoms with Crippen LogP contribution in [0.25, 0.3) is 0 Å². The quantitative estimate of drug-likeness (QED) is 0.775. The molecule has 0 aromatic heterocycles. The molecule has 1 aliphatic carbocycles. The minimum atomic E-state index is -4.06. The van der Waals surface area contributed by atoms with Crippen LogP contribution in [0.5, 0.6) is 0 Å². The number of hydrogen-bond donors (Lipinski definition) is 1. The van der Waals surface area contributed by atoms with E-state index in [1.807, 2.05) is 11.8 Å². The van der Waals surface area contributed by atoms with Crippen molar-refractivity contribution in [3.05, 3.63) is 0 Å². The molecule has 2 fully saturated rings. The molecule has 2 aliphatic rings. The van der Waals surface area contributed by atoms with E-state index in [1.54, 1.807) is 0 Å². The summed E-state index contributed by atoms with van der Waals surface area (Å²) in [5.41, 5.74) is -1.51. The fraction of sp³-hybridized carbons (Fsp3) is 1.00. The lowest BCUT2D eigenvalue weighted by Gasteiger charge is -2.29. The third-order valence-corrected chi connectivity index (χ3v) is 4.04. The summed E-state index contributed by atoms with van der Waals surface area (Å²) in [5, 5.41) is 2.81. The second kappa shape index (κ2) is 3.59. The zero-order chi connectivity index (χ0) is 10.2. The van der Waals surface area contributed by atoms with E-state index in [0.717, 1.165) is 24.3 Å². The Kier molecular flexibility index (Phi) is 2.72. The molecule has 1 nitrogen and oxygen atoms in total. The van der Waals surface area contributed by atoms with Crippen LogP contribution in [0.4, 0.5) is 13.2 Å². The normalized spacial score (nSPS) is 27.6. The van der Waals surface area contributed by atoms with Gasteiger partial charge in [0.1, 0.15) is 5.54 Å². The van der Waals surface area contributed by atoms with Crippen molar-refractivity contribution in [2.24, 2.45) is 0 Å². The average Bonchev–Trinajstić information content (AvgIpc) is 2.86. The fourth-order valence-electron chi connectivity index (χ4n) is 1.87. The molecule has 1 saturated heterocycles. The predicted molar refractivity (Wildman–Crippen MR) is 51.5 cm³/mol. The molecule has 0 bridgehead atoms. The van der Waals surface area contributed by atoms with Crippen LogP contribution in [0.1, 0.15) is 25.7 Å². The molecular weight excluding hydrogens is 211 g/mol.